The van der Waals surface area contributed by atoms with Gasteiger partial charge in [-0.05, 0) is 25.7 Å². The third-order valence-corrected chi connectivity index (χ3v) is 7.54. The van der Waals surface area contributed by atoms with E-state index in [9.17, 15) is 4.57 Å². The van der Waals surface area contributed by atoms with Crippen LogP contribution in [0.3, 0.4) is 0 Å². The molecular formula is C14H25OP. The van der Waals surface area contributed by atoms with Gasteiger partial charge in [0.2, 0.25) is 0 Å². The first-order valence-electron chi connectivity index (χ1n) is 6.52. The standard InChI is InChI=1S/C14H25OP/c1-3-5-12-16(15,13-6-4-2)14-10-8-7-9-11-14/h3-4,14H,1-2,5-13H2. The van der Waals surface area contributed by atoms with E-state index in [0.29, 0.717) is 5.66 Å². The molecule has 0 saturated heterocycles. The third-order valence-electron chi connectivity index (χ3n) is 3.66. The van der Waals surface area contributed by atoms with Crippen molar-refractivity contribution < 1.29 is 4.57 Å². The van der Waals surface area contributed by atoms with E-state index < -0.39 is 7.14 Å². The minimum atomic E-state index is -1.97. The molecule has 1 fully saturated rings. The first kappa shape index (κ1) is 13.8. The highest BCUT2D eigenvalue weighted by atomic mass is 31.2. The van der Waals surface area contributed by atoms with Gasteiger partial charge >= 0.3 is 0 Å². The van der Waals surface area contributed by atoms with E-state index in [1.807, 2.05) is 12.2 Å². The van der Waals surface area contributed by atoms with Gasteiger partial charge in [-0.3, -0.25) is 0 Å². The average molecular weight is 240 g/mol. The fraction of sp³-hybridized carbons (Fsp3) is 0.714. The molecule has 0 aliphatic heterocycles. The van der Waals surface area contributed by atoms with Crippen molar-refractivity contribution in [3.63, 3.8) is 0 Å². The van der Waals surface area contributed by atoms with E-state index >= 15 is 0 Å². The summed E-state index contributed by atoms with van der Waals surface area (Å²) in [6, 6.07) is 0. The summed E-state index contributed by atoms with van der Waals surface area (Å²) in [5, 5.41) is 0. The van der Waals surface area contributed by atoms with Gasteiger partial charge < -0.3 is 4.57 Å². The SMILES string of the molecule is C=CCCP(=O)(CCC=C)C1CCCCC1. The second-order valence-electron chi connectivity index (χ2n) is 4.85. The predicted octanol–water partition coefficient (Wildman–Crippen LogP) is 4.83. The van der Waals surface area contributed by atoms with Crippen LogP contribution in [-0.4, -0.2) is 18.0 Å². The summed E-state index contributed by atoms with van der Waals surface area (Å²) < 4.78 is 13.0. The Morgan fingerprint density at radius 2 is 1.50 bits per heavy atom. The molecule has 0 bridgehead atoms. The van der Waals surface area contributed by atoms with Crippen molar-refractivity contribution in [2.75, 3.05) is 12.3 Å². The molecule has 1 rings (SSSR count). The quantitative estimate of drug-likeness (QED) is 0.460. The zero-order chi connectivity index (χ0) is 11.9. The summed E-state index contributed by atoms with van der Waals surface area (Å²) in [5.41, 5.74) is 0.501. The van der Waals surface area contributed by atoms with Crippen molar-refractivity contribution >= 4 is 7.14 Å². The highest BCUT2D eigenvalue weighted by molar-refractivity contribution is 7.64. The van der Waals surface area contributed by atoms with Crippen molar-refractivity contribution in [1.29, 1.82) is 0 Å². The first-order chi connectivity index (χ1) is 7.73. The van der Waals surface area contributed by atoms with E-state index in [2.05, 4.69) is 13.2 Å². The van der Waals surface area contributed by atoms with Crippen molar-refractivity contribution in [2.45, 2.75) is 50.6 Å². The number of hydrogen-bond acceptors (Lipinski definition) is 1. The summed E-state index contributed by atoms with van der Waals surface area (Å²) >= 11 is 0. The molecule has 2 heteroatoms. The summed E-state index contributed by atoms with van der Waals surface area (Å²) in [6.45, 7) is 7.50. The maximum atomic E-state index is 13.0. The van der Waals surface area contributed by atoms with Crippen molar-refractivity contribution in [3.05, 3.63) is 25.3 Å². The molecule has 0 unspecified atom stereocenters. The van der Waals surface area contributed by atoms with Gasteiger partial charge in [-0.25, -0.2) is 0 Å². The van der Waals surface area contributed by atoms with E-state index in [1.54, 1.807) is 0 Å². The second kappa shape index (κ2) is 7.12. The molecule has 0 aromatic heterocycles. The topological polar surface area (TPSA) is 17.1 Å². The Morgan fingerprint density at radius 3 is 1.94 bits per heavy atom. The van der Waals surface area contributed by atoms with Crippen LogP contribution < -0.4 is 0 Å². The minimum absolute atomic E-state index is 0.501. The molecule has 1 saturated carbocycles. The van der Waals surface area contributed by atoms with Gasteiger partial charge in [-0.15, -0.1) is 13.2 Å². The summed E-state index contributed by atoms with van der Waals surface area (Å²) in [6.07, 6.45) is 13.6. The molecule has 92 valence electrons. The molecule has 16 heavy (non-hydrogen) atoms. The van der Waals surface area contributed by atoms with Crippen LogP contribution in [0.2, 0.25) is 0 Å². The minimum Gasteiger partial charge on any atom is -0.323 e. The Hall–Kier alpha value is -0.290. The van der Waals surface area contributed by atoms with E-state index in [-0.39, 0.29) is 0 Å². The highest BCUT2D eigenvalue weighted by Gasteiger charge is 2.32. The van der Waals surface area contributed by atoms with Gasteiger partial charge in [0.15, 0.2) is 0 Å². The zero-order valence-electron chi connectivity index (χ0n) is 10.4. The highest BCUT2D eigenvalue weighted by Crippen LogP contribution is 2.56. The molecule has 0 N–H and O–H groups in total. The van der Waals surface area contributed by atoms with Crippen LogP contribution in [0.5, 0.6) is 0 Å². The van der Waals surface area contributed by atoms with Crippen molar-refractivity contribution in [1.82, 2.24) is 0 Å². The lowest BCUT2D eigenvalue weighted by atomic mass is 10.0. The molecule has 0 amide bonds. The maximum Gasteiger partial charge on any atom is 0.0912 e. The number of allylic oxidation sites excluding steroid dienone is 2. The van der Waals surface area contributed by atoms with Crippen LogP contribution >= 0.6 is 7.14 Å². The van der Waals surface area contributed by atoms with E-state index in [1.165, 1.54) is 32.1 Å². The lowest BCUT2D eigenvalue weighted by Crippen LogP contribution is -2.17. The van der Waals surface area contributed by atoms with E-state index in [0.717, 1.165) is 25.2 Å². The Kier molecular flexibility index (Phi) is 6.13. The van der Waals surface area contributed by atoms with Crippen LogP contribution in [0, 0.1) is 0 Å². The Balaban J connectivity index is 2.62. The Bertz CT molecular complexity index is 248. The molecular weight excluding hydrogens is 215 g/mol. The van der Waals surface area contributed by atoms with Crippen molar-refractivity contribution in [3.8, 4) is 0 Å². The number of hydrogen-bond donors (Lipinski definition) is 0. The van der Waals surface area contributed by atoms with Gasteiger partial charge in [0.05, 0.1) is 7.14 Å². The van der Waals surface area contributed by atoms with Gasteiger partial charge in [0.1, 0.15) is 0 Å². The second-order valence-corrected chi connectivity index (χ2v) is 8.38. The van der Waals surface area contributed by atoms with Crippen LogP contribution in [0.1, 0.15) is 44.9 Å². The molecule has 1 aliphatic carbocycles. The molecule has 0 atom stereocenters. The van der Waals surface area contributed by atoms with Crippen LogP contribution in [0.4, 0.5) is 0 Å². The summed E-state index contributed by atoms with van der Waals surface area (Å²) in [7, 11) is -1.97. The molecule has 1 aliphatic rings. The number of rotatable bonds is 7. The molecule has 1 nitrogen and oxygen atoms in total. The van der Waals surface area contributed by atoms with Gasteiger partial charge in [-0.2, -0.15) is 0 Å². The largest absolute Gasteiger partial charge is 0.323 e. The van der Waals surface area contributed by atoms with E-state index in [4.69, 9.17) is 0 Å². The first-order valence-corrected chi connectivity index (χ1v) is 8.67. The fourth-order valence-corrected chi connectivity index (χ4v) is 6.15. The molecule has 0 aromatic rings. The van der Waals surface area contributed by atoms with Gasteiger partial charge in [0.25, 0.3) is 0 Å². The summed E-state index contributed by atoms with van der Waals surface area (Å²) in [4.78, 5) is 0. The molecule has 0 radical (unpaired) electrons. The smallest absolute Gasteiger partial charge is 0.0912 e. The van der Waals surface area contributed by atoms with Gasteiger partial charge in [-0.1, -0.05) is 31.4 Å². The average Bonchev–Trinajstić information content (AvgIpc) is 2.35. The molecule has 0 aromatic carbocycles. The Labute approximate surface area is 100 Å². The maximum absolute atomic E-state index is 13.0. The monoisotopic (exact) mass is 240 g/mol. The summed E-state index contributed by atoms with van der Waals surface area (Å²) in [5.74, 6) is 0. The fourth-order valence-electron chi connectivity index (χ4n) is 2.65. The Morgan fingerprint density at radius 1 is 1.00 bits per heavy atom. The molecule has 0 heterocycles. The van der Waals surface area contributed by atoms with Crippen LogP contribution in [0.15, 0.2) is 25.3 Å². The van der Waals surface area contributed by atoms with Crippen molar-refractivity contribution in [2.24, 2.45) is 0 Å². The van der Waals surface area contributed by atoms with Crippen LogP contribution in [-0.2, 0) is 4.57 Å². The zero-order valence-corrected chi connectivity index (χ0v) is 11.3. The lowest BCUT2D eigenvalue weighted by Gasteiger charge is -2.30. The molecule has 0 spiro atoms. The third kappa shape index (κ3) is 3.94. The van der Waals surface area contributed by atoms with Gasteiger partial charge in [0, 0.05) is 18.0 Å². The predicted molar refractivity (Wildman–Crippen MR) is 73.8 cm³/mol. The lowest BCUT2D eigenvalue weighted by molar-refractivity contribution is 0.481. The van der Waals surface area contributed by atoms with Crippen LogP contribution in [0.25, 0.3) is 0 Å². The normalized spacial score (nSPS) is 18.2.